The zero-order valence-electron chi connectivity index (χ0n) is 27.9. The van der Waals surface area contributed by atoms with Gasteiger partial charge >= 0.3 is 0 Å². The smallest absolute Gasteiger partial charge is 0.194 e. The summed E-state index contributed by atoms with van der Waals surface area (Å²) in [7, 11) is 0. The number of benzene rings is 7. The van der Waals surface area contributed by atoms with Crippen LogP contribution in [-0.4, -0.2) is 14.5 Å². The lowest BCUT2D eigenvalue weighted by Crippen LogP contribution is -1.99. The van der Waals surface area contributed by atoms with E-state index in [2.05, 4.69) is 106 Å². The fraction of sp³-hybridized carbons (Fsp3) is 0. The van der Waals surface area contributed by atoms with Gasteiger partial charge in [-0.3, -0.25) is 0 Å². The van der Waals surface area contributed by atoms with Gasteiger partial charge in [0.1, 0.15) is 11.2 Å². The molecular formula is C47H28N4O. The lowest BCUT2D eigenvalue weighted by atomic mass is 9.99. The third-order valence-corrected chi connectivity index (χ3v) is 9.81. The minimum Gasteiger partial charge on any atom is -0.456 e. The van der Waals surface area contributed by atoms with E-state index in [4.69, 9.17) is 21.0 Å². The third-order valence-electron chi connectivity index (χ3n) is 9.81. The maximum atomic E-state index is 8.02. The number of hydrogen-bond acceptors (Lipinski definition) is 3. The van der Waals surface area contributed by atoms with Crippen LogP contribution in [0.2, 0.25) is 0 Å². The molecule has 0 spiro atoms. The van der Waals surface area contributed by atoms with Crippen molar-refractivity contribution in [3.8, 4) is 50.7 Å². The summed E-state index contributed by atoms with van der Waals surface area (Å²) in [6.45, 7) is 8.02. The zero-order valence-corrected chi connectivity index (χ0v) is 27.9. The van der Waals surface area contributed by atoms with E-state index in [1.54, 1.807) is 0 Å². The molecule has 0 atom stereocenters. The van der Waals surface area contributed by atoms with Crippen LogP contribution in [0.25, 0.3) is 99.3 Å². The molecule has 0 aliphatic rings. The Morgan fingerprint density at radius 2 is 1.10 bits per heavy atom. The molecule has 10 aromatic rings. The molecule has 0 aliphatic heterocycles. The lowest BCUT2D eigenvalue weighted by molar-refractivity contribution is 0.669. The molecule has 0 fully saturated rings. The molecule has 7 aromatic carbocycles. The third kappa shape index (κ3) is 4.86. The van der Waals surface area contributed by atoms with E-state index in [0.717, 1.165) is 88.6 Å². The Morgan fingerprint density at radius 3 is 1.85 bits per heavy atom. The second-order valence-electron chi connectivity index (χ2n) is 12.9. The average Bonchev–Trinajstić information content (AvgIpc) is 3.75. The molecule has 52 heavy (non-hydrogen) atoms. The van der Waals surface area contributed by atoms with Crippen molar-refractivity contribution in [3.63, 3.8) is 0 Å². The number of furan rings is 1. The molecule has 0 unspecified atom stereocenters. The molecular weight excluding hydrogens is 637 g/mol. The first-order valence-corrected chi connectivity index (χ1v) is 17.2. The van der Waals surface area contributed by atoms with Crippen molar-refractivity contribution >= 4 is 49.4 Å². The predicted molar refractivity (Wildman–Crippen MR) is 212 cm³/mol. The molecule has 0 radical (unpaired) electrons. The minimum absolute atomic E-state index is 0.586. The standard InChI is InChI=1S/C47H28N4O/c1-48-40-21-11-8-18-35(40)32-24-33(47-49-41(30-14-4-2-5-15-30)29-42(50-47)31-16-6-3-7-17-31)26-34(25-32)51-43-22-12-9-19-36(43)38-28-46-39(27-44(38)51)37-20-10-13-23-45(37)52-46/h2-29H. The molecule has 10 rings (SSSR count). The Kier molecular flexibility index (Phi) is 6.80. The van der Waals surface area contributed by atoms with Gasteiger partial charge in [0.25, 0.3) is 0 Å². The van der Waals surface area contributed by atoms with Crippen molar-refractivity contribution in [3.05, 3.63) is 181 Å². The van der Waals surface area contributed by atoms with Crippen molar-refractivity contribution in [1.82, 2.24) is 14.5 Å². The number of hydrogen-bond donors (Lipinski definition) is 0. The van der Waals surface area contributed by atoms with E-state index in [-0.39, 0.29) is 0 Å². The zero-order chi connectivity index (χ0) is 34.6. The van der Waals surface area contributed by atoms with Crippen LogP contribution in [0, 0.1) is 6.57 Å². The van der Waals surface area contributed by atoms with Gasteiger partial charge < -0.3 is 8.98 Å². The summed E-state index contributed by atoms with van der Waals surface area (Å²) in [5, 5.41) is 4.37. The second-order valence-corrected chi connectivity index (χ2v) is 12.9. The van der Waals surface area contributed by atoms with Crippen LogP contribution in [0.3, 0.4) is 0 Å². The van der Waals surface area contributed by atoms with E-state index in [0.29, 0.717) is 11.5 Å². The van der Waals surface area contributed by atoms with Gasteiger partial charge in [-0.2, -0.15) is 0 Å². The number of fused-ring (bicyclic) bond motifs is 6. The Bertz CT molecular complexity index is 2970. The van der Waals surface area contributed by atoms with Gasteiger partial charge in [0.15, 0.2) is 11.5 Å². The highest BCUT2D eigenvalue weighted by Crippen LogP contribution is 2.41. The molecule has 5 nitrogen and oxygen atoms in total. The summed E-state index contributed by atoms with van der Waals surface area (Å²) in [4.78, 5) is 14.3. The quantitative estimate of drug-likeness (QED) is 0.172. The van der Waals surface area contributed by atoms with E-state index in [1.165, 1.54) is 0 Å². The number of nitrogens with zero attached hydrogens (tertiary/aromatic N) is 4. The fourth-order valence-corrected chi connectivity index (χ4v) is 7.40. The molecule has 0 bridgehead atoms. The van der Waals surface area contributed by atoms with Gasteiger partial charge in [0.05, 0.1) is 29.0 Å². The largest absolute Gasteiger partial charge is 0.456 e. The summed E-state index contributed by atoms with van der Waals surface area (Å²) in [5.74, 6) is 0.604. The van der Waals surface area contributed by atoms with Crippen molar-refractivity contribution in [2.45, 2.75) is 0 Å². The molecule has 0 amide bonds. The fourth-order valence-electron chi connectivity index (χ4n) is 7.40. The Balaban J connectivity index is 1.29. The Labute approximate surface area is 299 Å². The van der Waals surface area contributed by atoms with Gasteiger partial charge in [-0.05, 0) is 59.7 Å². The second kappa shape index (κ2) is 11.9. The highest BCUT2D eigenvalue weighted by molar-refractivity contribution is 6.17. The van der Waals surface area contributed by atoms with Crippen molar-refractivity contribution in [2.75, 3.05) is 0 Å². The van der Waals surface area contributed by atoms with E-state index < -0.39 is 0 Å². The monoisotopic (exact) mass is 664 g/mol. The van der Waals surface area contributed by atoms with Crippen LogP contribution in [-0.2, 0) is 0 Å². The van der Waals surface area contributed by atoms with E-state index in [1.807, 2.05) is 72.8 Å². The minimum atomic E-state index is 0.586. The van der Waals surface area contributed by atoms with Crippen LogP contribution < -0.4 is 0 Å². The SMILES string of the molecule is [C-]#[N+]c1ccccc1-c1cc(-c2nc(-c3ccccc3)cc(-c3ccccc3)n2)cc(-n2c3ccccc3c3cc4oc5ccccc5c4cc32)c1. The number of rotatable bonds is 5. The van der Waals surface area contributed by atoms with Crippen molar-refractivity contribution in [2.24, 2.45) is 0 Å². The molecule has 0 saturated heterocycles. The van der Waals surface area contributed by atoms with E-state index >= 15 is 0 Å². The maximum Gasteiger partial charge on any atom is 0.194 e. The van der Waals surface area contributed by atoms with Crippen molar-refractivity contribution in [1.29, 1.82) is 0 Å². The predicted octanol–water partition coefficient (Wildman–Crippen LogP) is 12.7. The van der Waals surface area contributed by atoms with Gasteiger partial charge in [0, 0.05) is 43.9 Å². The highest BCUT2D eigenvalue weighted by Gasteiger charge is 2.19. The van der Waals surface area contributed by atoms with Gasteiger partial charge in [-0.25, -0.2) is 14.8 Å². The first kappa shape index (κ1) is 29.6. The van der Waals surface area contributed by atoms with Crippen molar-refractivity contribution < 1.29 is 4.42 Å². The molecule has 3 heterocycles. The highest BCUT2D eigenvalue weighted by atomic mass is 16.3. The number of aromatic nitrogens is 3. The average molecular weight is 665 g/mol. The Morgan fingerprint density at radius 1 is 0.462 bits per heavy atom. The normalized spacial score (nSPS) is 11.4. The summed E-state index contributed by atoms with van der Waals surface area (Å²) in [6, 6.07) is 57.8. The molecule has 5 heteroatoms. The van der Waals surface area contributed by atoms with Crippen LogP contribution in [0.15, 0.2) is 174 Å². The molecule has 242 valence electrons. The van der Waals surface area contributed by atoms with Gasteiger partial charge in [0.2, 0.25) is 0 Å². The van der Waals surface area contributed by atoms with Crippen LogP contribution in [0.4, 0.5) is 5.69 Å². The maximum absolute atomic E-state index is 8.02. The first-order valence-electron chi connectivity index (χ1n) is 17.2. The van der Waals surface area contributed by atoms with Gasteiger partial charge in [-0.1, -0.05) is 121 Å². The molecule has 3 aromatic heterocycles. The number of para-hydroxylation sites is 3. The van der Waals surface area contributed by atoms with Crippen LogP contribution >= 0.6 is 0 Å². The van der Waals surface area contributed by atoms with Crippen LogP contribution in [0.1, 0.15) is 0 Å². The summed E-state index contributed by atoms with van der Waals surface area (Å²) in [6.07, 6.45) is 0. The molecule has 0 saturated carbocycles. The summed E-state index contributed by atoms with van der Waals surface area (Å²) < 4.78 is 8.66. The first-order chi connectivity index (χ1) is 25.7. The van der Waals surface area contributed by atoms with Gasteiger partial charge in [-0.15, -0.1) is 0 Å². The molecule has 0 N–H and O–H groups in total. The summed E-state index contributed by atoms with van der Waals surface area (Å²) >= 11 is 0. The van der Waals surface area contributed by atoms with Crippen LogP contribution in [0.5, 0.6) is 0 Å². The topological polar surface area (TPSA) is 48.2 Å². The molecule has 0 aliphatic carbocycles. The summed E-state index contributed by atoms with van der Waals surface area (Å²) in [5.41, 5.74) is 11.7. The van der Waals surface area contributed by atoms with E-state index in [9.17, 15) is 0 Å². The Hall–Kier alpha value is -7.29. The lowest BCUT2D eigenvalue weighted by Gasteiger charge is -2.15.